The van der Waals surface area contributed by atoms with E-state index in [2.05, 4.69) is 54.3 Å². The molecule has 1 rings (SSSR count). The SMILES string of the molecule is C=C(C)C(=N/C=C\C)C(/C=C(/NC(=NC)OCC1CCC(COC)N1C)C(=C)C)=C(C)C. The van der Waals surface area contributed by atoms with Gasteiger partial charge in [0.1, 0.15) is 6.61 Å². The van der Waals surface area contributed by atoms with Gasteiger partial charge in [0.25, 0.3) is 6.02 Å². The number of likely N-dealkylation sites (tertiary alicyclic amines) is 1. The lowest BCUT2D eigenvalue weighted by molar-refractivity contribution is 0.0966. The number of allylic oxidation sites excluding steroid dienone is 6. The van der Waals surface area contributed by atoms with Gasteiger partial charge in [-0.2, -0.15) is 0 Å². The molecule has 0 bridgehead atoms. The van der Waals surface area contributed by atoms with Crippen molar-refractivity contribution in [3.05, 3.63) is 59.5 Å². The number of hydrogen-bond acceptors (Lipinski definition) is 5. The number of likely N-dealkylation sites (N-methyl/N-ethyl adjacent to an activating group) is 1. The van der Waals surface area contributed by atoms with Crippen LogP contribution in [0.1, 0.15) is 47.5 Å². The molecule has 178 valence electrons. The average Bonchev–Trinajstić information content (AvgIpc) is 3.08. The molecule has 6 nitrogen and oxygen atoms in total. The van der Waals surface area contributed by atoms with Crippen LogP contribution in [-0.4, -0.2) is 63.1 Å². The van der Waals surface area contributed by atoms with Crippen molar-refractivity contribution < 1.29 is 9.47 Å². The number of hydrogen-bond donors (Lipinski definition) is 1. The number of rotatable bonds is 10. The minimum Gasteiger partial charge on any atom is -0.463 e. The summed E-state index contributed by atoms with van der Waals surface area (Å²) in [4.78, 5) is 11.2. The maximum atomic E-state index is 6.07. The van der Waals surface area contributed by atoms with Crippen LogP contribution in [0.3, 0.4) is 0 Å². The second-order valence-electron chi connectivity index (χ2n) is 8.46. The molecule has 1 N–H and O–H groups in total. The van der Waals surface area contributed by atoms with Gasteiger partial charge in [0.15, 0.2) is 0 Å². The highest BCUT2D eigenvalue weighted by Crippen LogP contribution is 2.23. The third-order valence-corrected chi connectivity index (χ3v) is 5.50. The van der Waals surface area contributed by atoms with Crippen LogP contribution < -0.4 is 5.32 Å². The number of aliphatic imine (C=N–C) groups is 2. The molecule has 32 heavy (non-hydrogen) atoms. The number of amidine groups is 1. The second-order valence-corrected chi connectivity index (χ2v) is 8.46. The van der Waals surface area contributed by atoms with Gasteiger partial charge in [0.2, 0.25) is 0 Å². The third kappa shape index (κ3) is 8.24. The number of nitrogens with one attached hydrogen (secondary N) is 1. The van der Waals surface area contributed by atoms with E-state index < -0.39 is 0 Å². The summed E-state index contributed by atoms with van der Waals surface area (Å²) < 4.78 is 11.4. The summed E-state index contributed by atoms with van der Waals surface area (Å²) in [5.74, 6) is 0. The zero-order chi connectivity index (χ0) is 24.3. The monoisotopic (exact) mass is 442 g/mol. The van der Waals surface area contributed by atoms with Crippen molar-refractivity contribution in [2.24, 2.45) is 9.98 Å². The van der Waals surface area contributed by atoms with Crippen molar-refractivity contribution in [2.45, 2.75) is 59.5 Å². The highest BCUT2D eigenvalue weighted by atomic mass is 16.5. The Bertz CT molecular complexity index is 814. The lowest BCUT2D eigenvalue weighted by Gasteiger charge is -2.25. The van der Waals surface area contributed by atoms with E-state index in [0.717, 1.165) is 53.1 Å². The van der Waals surface area contributed by atoms with Crippen LogP contribution in [0.5, 0.6) is 0 Å². The molecule has 0 aromatic carbocycles. The Morgan fingerprint density at radius 1 is 1.09 bits per heavy atom. The van der Waals surface area contributed by atoms with Crippen LogP contribution in [0.25, 0.3) is 0 Å². The first-order chi connectivity index (χ1) is 15.2. The van der Waals surface area contributed by atoms with Crippen molar-refractivity contribution in [2.75, 3.05) is 34.4 Å². The first kappa shape index (κ1) is 27.6. The van der Waals surface area contributed by atoms with Crippen LogP contribution in [0.15, 0.2) is 69.5 Å². The lowest BCUT2D eigenvalue weighted by Crippen LogP contribution is -2.39. The maximum absolute atomic E-state index is 6.07. The molecule has 1 aliphatic heterocycles. The predicted molar refractivity (Wildman–Crippen MR) is 137 cm³/mol. The summed E-state index contributed by atoms with van der Waals surface area (Å²) in [7, 11) is 5.60. The van der Waals surface area contributed by atoms with Crippen molar-refractivity contribution in [1.82, 2.24) is 10.2 Å². The Hall–Kier alpha value is -2.44. The quantitative estimate of drug-likeness (QED) is 0.293. The Kier molecular flexibility index (Phi) is 12.0. The molecule has 6 heteroatoms. The molecule has 1 fully saturated rings. The van der Waals surface area contributed by atoms with E-state index in [1.54, 1.807) is 20.4 Å². The number of methoxy groups -OCH3 is 1. The number of nitrogens with zero attached hydrogens (tertiary/aromatic N) is 3. The first-order valence-corrected chi connectivity index (χ1v) is 11.1. The molecule has 0 aromatic heterocycles. The molecular formula is C26H42N4O2. The minimum atomic E-state index is 0.335. The summed E-state index contributed by atoms with van der Waals surface area (Å²) in [6.45, 7) is 19.5. The van der Waals surface area contributed by atoms with Gasteiger partial charge in [-0.25, -0.2) is 4.99 Å². The molecule has 0 radical (unpaired) electrons. The molecule has 0 amide bonds. The topological polar surface area (TPSA) is 58.5 Å². The van der Waals surface area contributed by atoms with Gasteiger partial charge in [-0.05, 0) is 71.7 Å². The lowest BCUT2D eigenvalue weighted by atomic mass is 9.98. The molecule has 0 aromatic rings. The maximum Gasteiger partial charge on any atom is 0.288 e. The van der Waals surface area contributed by atoms with E-state index in [1.807, 2.05) is 32.9 Å². The molecule has 1 saturated heterocycles. The fourth-order valence-electron chi connectivity index (χ4n) is 3.55. The average molecular weight is 443 g/mol. The van der Waals surface area contributed by atoms with E-state index in [9.17, 15) is 0 Å². The van der Waals surface area contributed by atoms with E-state index in [0.29, 0.717) is 24.7 Å². The molecule has 0 spiro atoms. The normalized spacial score (nSPS) is 20.6. The first-order valence-electron chi connectivity index (χ1n) is 11.1. The molecular weight excluding hydrogens is 400 g/mol. The summed E-state index contributed by atoms with van der Waals surface area (Å²) >= 11 is 0. The minimum absolute atomic E-state index is 0.335. The van der Waals surface area contributed by atoms with Gasteiger partial charge in [0, 0.05) is 43.7 Å². The van der Waals surface area contributed by atoms with Crippen molar-refractivity contribution in [3.63, 3.8) is 0 Å². The zero-order valence-electron chi connectivity index (χ0n) is 21.3. The molecule has 2 atom stereocenters. The van der Waals surface area contributed by atoms with E-state index in [4.69, 9.17) is 9.47 Å². The molecule has 0 saturated carbocycles. The van der Waals surface area contributed by atoms with Gasteiger partial charge < -0.3 is 14.8 Å². The summed E-state index contributed by atoms with van der Waals surface area (Å²) in [6, 6.07) is 1.24. The van der Waals surface area contributed by atoms with E-state index in [1.165, 1.54) is 0 Å². The largest absolute Gasteiger partial charge is 0.463 e. The fourth-order valence-corrected chi connectivity index (χ4v) is 3.55. The summed E-state index contributed by atoms with van der Waals surface area (Å²) in [5, 5.41) is 3.32. The smallest absolute Gasteiger partial charge is 0.288 e. The third-order valence-electron chi connectivity index (χ3n) is 5.50. The van der Waals surface area contributed by atoms with Crippen LogP contribution >= 0.6 is 0 Å². The van der Waals surface area contributed by atoms with Crippen molar-refractivity contribution >= 4 is 11.7 Å². The van der Waals surface area contributed by atoms with E-state index >= 15 is 0 Å². The molecule has 2 unspecified atom stereocenters. The number of ether oxygens (including phenoxy) is 2. The van der Waals surface area contributed by atoms with Crippen LogP contribution in [-0.2, 0) is 9.47 Å². The van der Waals surface area contributed by atoms with Crippen LogP contribution in [0.2, 0.25) is 0 Å². The summed E-state index contributed by atoms with van der Waals surface area (Å²) in [6.07, 6.45) is 7.92. The van der Waals surface area contributed by atoms with Gasteiger partial charge >= 0.3 is 0 Å². The molecule has 1 aliphatic rings. The highest BCUT2D eigenvalue weighted by Gasteiger charge is 2.30. The van der Waals surface area contributed by atoms with Gasteiger partial charge in [0.05, 0.1) is 12.3 Å². The Labute approximate surface area is 195 Å². The molecule has 0 aliphatic carbocycles. The van der Waals surface area contributed by atoms with Gasteiger partial charge in [-0.3, -0.25) is 9.89 Å². The van der Waals surface area contributed by atoms with Crippen LogP contribution in [0, 0.1) is 0 Å². The van der Waals surface area contributed by atoms with E-state index in [-0.39, 0.29) is 0 Å². The standard InChI is InChI=1S/C26H42N4O2/c1-11-14-28-25(20(6)7)23(18(2)3)15-24(19(4)5)29-26(27-8)32-17-22-13-12-21(16-31-10)30(22)9/h11,14-15,21-22H,4,6,12-13,16-17H2,1-3,5,7-10H3,(H,27,29)/b14-11-,24-15+,28-25?. The zero-order valence-corrected chi connectivity index (χ0v) is 21.3. The highest BCUT2D eigenvalue weighted by molar-refractivity contribution is 6.14. The Morgan fingerprint density at radius 3 is 2.19 bits per heavy atom. The summed E-state index contributed by atoms with van der Waals surface area (Å²) in [5.41, 5.74) is 5.56. The van der Waals surface area contributed by atoms with Crippen molar-refractivity contribution in [3.8, 4) is 0 Å². The fraction of sp³-hybridized carbons (Fsp3) is 0.538. The Balaban J connectivity index is 3.05. The Morgan fingerprint density at radius 2 is 1.72 bits per heavy atom. The van der Waals surface area contributed by atoms with Crippen LogP contribution in [0.4, 0.5) is 0 Å². The molecule has 1 heterocycles. The second kappa shape index (κ2) is 13.9. The van der Waals surface area contributed by atoms with Gasteiger partial charge in [-0.1, -0.05) is 24.8 Å². The predicted octanol–water partition coefficient (Wildman–Crippen LogP) is 5.03. The van der Waals surface area contributed by atoms with Gasteiger partial charge in [-0.15, -0.1) is 0 Å². The van der Waals surface area contributed by atoms with Crippen molar-refractivity contribution in [1.29, 1.82) is 0 Å².